The van der Waals surface area contributed by atoms with Gasteiger partial charge in [-0.15, -0.1) is 0 Å². The van der Waals surface area contributed by atoms with Gasteiger partial charge in [-0.2, -0.15) is 5.26 Å². The fourth-order valence-corrected chi connectivity index (χ4v) is 1.64. The van der Waals surface area contributed by atoms with E-state index in [4.69, 9.17) is 10.00 Å². The van der Waals surface area contributed by atoms with E-state index in [1.54, 1.807) is 19.0 Å². The molecule has 0 aliphatic heterocycles. The molecule has 0 heterocycles. The summed E-state index contributed by atoms with van der Waals surface area (Å²) in [6.07, 6.45) is 0. The van der Waals surface area contributed by atoms with Gasteiger partial charge in [-0.1, -0.05) is 18.2 Å². The van der Waals surface area contributed by atoms with E-state index in [2.05, 4.69) is 5.32 Å². The van der Waals surface area contributed by atoms with Gasteiger partial charge < -0.3 is 15.0 Å². The fraction of sp³-hybridized carbons (Fsp3) is 0.429. The van der Waals surface area contributed by atoms with Crippen molar-refractivity contribution < 1.29 is 9.53 Å². The van der Waals surface area contributed by atoms with Gasteiger partial charge in [0, 0.05) is 26.2 Å². The Morgan fingerprint density at radius 2 is 2.16 bits per heavy atom. The number of nitriles is 1. The van der Waals surface area contributed by atoms with Crippen LogP contribution in [0.4, 0.5) is 0 Å². The van der Waals surface area contributed by atoms with Crippen LogP contribution in [0.5, 0.6) is 5.75 Å². The minimum absolute atomic E-state index is 0.0171. The molecule has 0 aliphatic carbocycles. The molecule has 19 heavy (non-hydrogen) atoms. The van der Waals surface area contributed by atoms with E-state index in [9.17, 15) is 4.79 Å². The SMILES string of the molecule is CC(NCc1ccccc1OCC#N)C(=O)N(C)C. The maximum absolute atomic E-state index is 11.7. The first-order chi connectivity index (χ1) is 9.06. The van der Waals surface area contributed by atoms with E-state index in [0.717, 1.165) is 5.56 Å². The van der Waals surface area contributed by atoms with Crippen LogP contribution in [-0.4, -0.2) is 37.6 Å². The van der Waals surface area contributed by atoms with Crippen molar-refractivity contribution >= 4 is 5.91 Å². The van der Waals surface area contributed by atoms with Gasteiger partial charge in [-0.05, 0) is 13.0 Å². The summed E-state index contributed by atoms with van der Waals surface area (Å²) in [5, 5.41) is 11.7. The second-order valence-corrected chi connectivity index (χ2v) is 4.39. The number of hydrogen-bond acceptors (Lipinski definition) is 4. The van der Waals surface area contributed by atoms with E-state index >= 15 is 0 Å². The fourth-order valence-electron chi connectivity index (χ4n) is 1.64. The monoisotopic (exact) mass is 261 g/mol. The summed E-state index contributed by atoms with van der Waals surface area (Å²) < 4.78 is 5.33. The molecule has 1 aromatic carbocycles. The molecule has 1 N–H and O–H groups in total. The van der Waals surface area contributed by atoms with Gasteiger partial charge in [0.25, 0.3) is 0 Å². The Balaban J connectivity index is 2.62. The molecule has 5 heteroatoms. The van der Waals surface area contributed by atoms with Crippen LogP contribution < -0.4 is 10.1 Å². The van der Waals surface area contributed by atoms with Gasteiger partial charge >= 0.3 is 0 Å². The van der Waals surface area contributed by atoms with Crippen molar-refractivity contribution in [2.75, 3.05) is 20.7 Å². The molecule has 102 valence electrons. The largest absolute Gasteiger partial charge is 0.478 e. The summed E-state index contributed by atoms with van der Waals surface area (Å²) in [5.41, 5.74) is 0.927. The third-order valence-electron chi connectivity index (χ3n) is 2.67. The minimum Gasteiger partial charge on any atom is -0.478 e. The maximum atomic E-state index is 11.7. The number of ether oxygens (including phenoxy) is 1. The number of nitrogens with one attached hydrogen (secondary N) is 1. The summed E-state index contributed by atoms with van der Waals surface area (Å²) in [7, 11) is 3.45. The van der Waals surface area contributed by atoms with Gasteiger partial charge in [-0.3, -0.25) is 4.79 Å². The Hall–Kier alpha value is -2.06. The third-order valence-corrected chi connectivity index (χ3v) is 2.67. The van der Waals surface area contributed by atoms with Crippen molar-refractivity contribution in [3.8, 4) is 11.8 Å². The Labute approximate surface area is 113 Å². The van der Waals surface area contributed by atoms with Crippen LogP contribution in [0, 0.1) is 11.3 Å². The van der Waals surface area contributed by atoms with Crippen LogP contribution >= 0.6 is 0 Å². The van der Waals surface area contributed by atoms with E-state index < -0.39 is 0 Å². The number of amides is 1. The lowest BCUT2D eigenvalue weighted by Gasteiger charge is -2.18. The molecule has 1 unspecified atom stereocenters. The van der Waals surface area contributed by atoms with E-state index in [-0.39, 0.29) is 18.6 Å². The van der Waals surface area contributed by atoms with E-state index in [1.807, 2.05) is 37.3 Å². The number of para-hydroxylation sites is 1. The van der Waals surface area contributed by atoms with Crippen LogP contribution in [-0.2, 0) is 11.3 Å². The molecule has 1 aromatic rings. The minimum atomic E-state index is -0.265. The second-order valence-electron chi connectivity index (χ2n) is 4.39. The summed E-state index contributed by atoms with van der Waals surface area (Å²) in [6.45, 7) is 2.35. The first-order valence-corrected chi connectivity index (χ1v) is 6.08. The quantitative estimate of drug-likeness (QED) is 0.834. The Kier molecular flexibility index (Phi) is 5.83. The first-order valence-electron chi connectivity index (χ1n) is 6.08. The third kappa shape index (κ3) is 4.60. The smallest absolute Gasteiger partial charge is 0.238 e. The van der Waals surface area contributed by atoms with Crippen LogP contribution in [0.3, 0.4) is 0 Å². The number of rotatable bonds is 6. The topological polar surface area (TPSA) is 65.4 Å². The van der Waals surface area contributed by atoms with Gasteiger partial charge in [-0.25, -0.2) is 0 Å². The number of likely N-dealkylation sites (N-methyl/N-ethyl adjacent to an activating group) is 1. The predicted molar refractivity (Wildman–Crippen MR) is 72.5 cm³/mol. The van der Waals surface area contributed by atoms with Gasteiger partial charge in [0.05, 0.1) is 6.04 Å². The Morgan fingerprint density at radius 1 is 1.47 bits per heavy atom. The summed E-state index contributed by atoms with van der Waals surface area (Å²) >= 11 is 0. The Morgan fingerprint density at radius 3 is 2.79 bits per heavy atom. The predicted octanol–water partition coefficient (Wildman–Crippen LogP) is 1.16. The highest BCUT2D eigenvalue weighted by molar-refractivity contribution is 5.80. The average Bonchev–Trinajstić information content (AvgIpc) is 2.42. The molecule has 0 saturated heterocycles. The lowest BCUT2D eigenvalue weighted by Crippen LogP contribution is -2.41. The molecule has 0 fully saturated rings. The molecule has 0 aromatic heterocycles. The van der Waals surface area contributed by atoms with Crippen molar-refractivity contribution in [2.45, 2.75) is 19.5 Å². The Bertz CT molecular complexity index is 466. The molecule has 0 aliphatic rings. The summed E-state index contributed by atoms with van der Waals surface area (Å²) in [6, 6.07) is 9.14. The maximum Gasteiger partial charge on any atom is 0.238 e. The van der Waals surface area contributed by atoms with Crippen molar-refractivity contribution in [1.82, 2.24) is 10.2 Å². The van der Waals surface area contributed by atoms with Gasteiger partial charge in [0.2, 0.25) is 5.91 Å². The molecule has 1 atom stereocenters. The van der Waals surface area contributed by atoms with Crippen molar-refractivity contribution in [2.24, 2.45) is 0 Å². The van der Waals surface area contributed by atoms with E-state index in [0.29, 0.717) is 12.3 Å². The molecule has 0 bridgehead atoms. The zero-order chi connectivity index (χ0) is 14.3. The summed E-state index contributed by atoms with van der Waals surface area (Å²) in [4.78, 5) is 13.3. The van der Waals surface area contributed by atoms with Crippen LogP contribution in [0.25, 0.3) is 0 Å². The van der Waals surface area contributed by atoms with E-state index in [1.165, 1.54) is 0 Å². The lowest BCUT2D eigenvalue weighted by atomic mass is 10.2. The van der Waals surface area contributed by atoms with Crippen molar-refractivity contribution in [3.05, 3.63) is 29.8 Å². The van der Waals surface area contributed by atoms with Gasteiger partial charge in [0.1, 0.15) is 11.8 Å². The van der Waals surface area contributed by atoms with Crippen LogP contribution in [0.1, 0.15) is 12.5 Å². The average molecular weight is 261 g/mol. The number of carbonyl (C=O) groups excluding carboxylic acids is 1. The number of hydrogen-bond donors (Lipinski definition) is 1. The molecular weight excluding hydrogens is 242 g/mol. The highest BCUT2D eigenvalue weighted by Gasteiger charge is 2.14. The second kappa shape index (κ2) is 7.39. The highest BCUT2D eigenvalue weighted by Crippen LogP contribution is 2.17. The molecule has 1 rings (SSSR count). The molecule has 0 spiro atoms. The normalized spacial score (nSPS) is 11.5. The molecule has 0 radical (unpaired) electrons. The zero-order valence-corrected chi connectivity index (χ0v) is 11.5. The molecular formula is C14H19N3O2. The van der Waals surface area contributed by atoms with Gasteiger partial charge in [0.15, 0.2) is 6.61 Å². The number of nitrogens with zero attached hydrogens (tertiary/aromatic N) is 2. The van der Waals surface area contributed by atoms with Crippen LogP contribution in [0.2, 0.25) is 0 Å². The number of carbonyl (C=O) groups is 1. The summed E-state index contributed by atoms with van der Waals surface area (Å²) in [5.74, 6) is 0.691. The van der Waals surface area contributed by atoms with Crippen molar-refractivity contribution in [3.63, 3.8) is 0 Å². The lowest BCUT2D eigenvalue weighted by molar-refractivity contribution is -0.130. The number of benzene rings is 1. The molecule has 1 amide bonds. The standard InChI is InChI=1S/C14H19N3O2/c1-11(14(18)17(2)3)16-10-12-6-4-5-7-13(12)19-9-8-15/h4-7,11,16H,9-10H2,1-3H3. The first kappa shape index (κ1) is 15.0. The molecule has 5 nitrogen and oxygen atoms in total. The zero-order valence-electron chi connectivity index (χ0n) is 11.5. The van der Waals surface area contributed by atoms with Crippen LogP contribution in [0.15, 0.2) is 24.3 Å². The molecule has 0 saturated carbocycles. The van der Waals surface area contributed by atoms with Crippen molar-refractivity contribution in [1.29, 1.82) is 5.26 Å². The highest BCUT2D eigenvalue weighted by atomic mass is 16.5.